The van der Waals surface area contributed by atoms with Crippen molar-refractivity contribution in [3.05, 3.63) is 11.6 Å². The third kappa shape index (κ3) is 3.72. The molecule has 1 aliphatic carbocycles. The maximum absolute atomic E-state index is 5.66. The summed E-state index contributed by atoms with van der Waals surface area (Å²) in [5.74, 6) is 2.58. The fraction of sp³-hybridized carbons (Fsp3) is 0.833. The number of allylic oxidation sites excluding steroid dienone is 2. The van der Waals surface area contributed by atoms with Crippen LogP contribution in [0, 0.1) is 11.8 Å². The van der Waals surface area contributed by atoms with Crippen LogP contribution < -0.4 is 0 Å². The molecule has 0 radical (unpaired) electrons. The highest BCUT2D eigenvalue weighted by Gasteiger charge is 2.18. The second-order valence-corrected chi connectivity index (χ2v) is 4.76. The van der Waals surface area contributed by atoms with Gasteiger partial charge in [0.05, 0.1) is 0 Å². The second kappa shape index (κ2) is 5.70. The maximum atomic E-state index is 5.66. The molecular weight excluding hydrogens is 180 g/mol. The summed E-state index contributed by atoms with van der Waals surface area (Å²) in [5.41, 5.74) is 1.58. The Morgan fingerprint density at radius 1 is 1.31 bits per heavy atom. The van der Waals surface area contributed by atoms with Crippen molar-refractivity contribution in [2.24, 2.45) is 11.8 Å². The van der Waals surface area contributed by atoms with Crippen molar-refractivity contribution >= 4 is 11.6 Å². The van der Waals surface area contributed by atoms with Gasteiger partial charge in [-0.05, 0) is 38.0 Å². The first kappa shape index (κ1) is 11.1. The van der Waals surface area contributed by atoms with Gasteiger partial charge >= 0.3 is 0 Å². The molecule has 0 unspecified atom stereocenters. The monoisotopic (exact) mass is 200 g/mol. The zero-order chi connectivity index (χ0) is 9.68. The largest absolute Gasteiger partial charge is 0.126 e. The van der Waals surface area contributed by atoms with Gasteiger partial charge in [-0.15, -0.1) is 11.6 Å². The van der Waals surface area contributed by atoms with Crippen molar-refractivity contribution in [1.29, 1.82) is 0 Å². The number of rotatable bonds is 3. The molecule has 0 aliphatic heterocycles. The van der Waals surface area contributed by atoms with Crippen LogP contribution in [0.2, 0.25) is 0 Å². The summed E-state index contributed by atoms with van der Waals surface area (Å²) < 4.78 is 0. The third-order valence-electron chi connectivity index (χ3n) is 3.24. The van der Waals surface area contributed by atoms with Crippen molar-refractivity contribution in [3.63, 3.8) is 0 Å². The Balaban J connectivity index is 2.35. The summed E-state index contributed by atoms with van der Waals surface area (Å²) in [6.07, 6.45) is 8.98. The van der Waals surface area contributed by atoms with E-state index < -0.39 is 0 Å². The van der Waals surface area contributed by atoms with Crippen LogP contribution in [0.15, 0.2) is 11.6 Å². The van der Waals surface area contributed by atoms with Crippen molar-refractivity contribution < 1.29 is 0 Å². The molecule has 0 aromatic carbocycles. The molecule has 13 heavy (non-hydrogen) atoms. The molecule has 0 nitrogen and oxygen atoms in total. The lowest BCUT2D eigenvalue weighted by Crippen LogP contribution is -2.13. The van der Waals surface area contributed by atoms with Crippen LogP contribution in [0.5, 0.6) is 0 Å². The highest BCUT2D eigenvalue weighted by atomic mass is 35.5. The zero-order valence-electron chi connectivity index (χ0n) is 8.85. The Morgan fingerprint density at radius 3 is 2.46 bits per heavy atom. The van der Waals surface area contributed by atoms with Gasteiger partial charge in [0, 0.05) is 5.88 Å². The normalized spacial score (nSPS) is 30.5. The zero-order valence-corrected chi connectivity index (χ0v) is 9.61. The van der Waals surface area contributed by atoms with Gasteiger partial charge in [-0.1, -0.05) is 31.4 Å². The summed E-state index contributed by atoms with van der Waals surface area (Å²) in [6, 6.07) is 0. The molecule has 0 N–H and O–H groups in total. The lowest BCUT2D eigenvalue weighted by Gasteiger charge is -2.26. The molecule has 0 aromatic heterocycles. The van der Waals surface area contributed by atoms with E-state index in [1.165, 1.54) is 25.7 Å². The Hall–Kier alpha value is 0.0300. The van der Waals surface area contributed by atoms with Crippen LogP contribution in [-0.2, 0) is 0 Å². The molecule has 1 heteroatoms. The van der Waals surface area contributed by atoms with Crippen LogP contribution in [-0.4, -0.2) is 5.88 Å². The van der Waals surface area contributed by atoms with Crippen LogP contribution >= 0.6 is 11.6 Å². The van der Waals surface area contributed by atoms with E-state index in [1.807, 2.05) is 0 Å². The average molecular weight is 201 g/mol. The van der Waals surface area contributed by atoms with E-state index in [1.54, 1.807) is 5.57 Å². The Bertz CT molecular complexity index is 164. The smallest absolute Gasteiger partial charge is 0.0258 e. The highest BCUT2D eigenvalue weighted by molar-refractivity contribution is 6.17. The van der Waals surface area contributed by atoms with E-state index in [9.17, 15) is 0 Å². The Morgan fingerprint density at radius 2 is 1.92 bits per heavy atom. The SMILES string of the molecule is C/C(=C\CCCl)C1CCC(C)CC1. The molecule has 1 fully saturated rings. The van der Waals surface area contributed by atoms with Gasteiger partial charge in [0.25, 0.3) is 0 Å². The minimum Gasteiger partial charge on any atom is -0.126 e. The summed E-state index contributed by atoms with van der Waals surface area (Å²) in [4.78, 5) is 0. The first-order chi connectivity index (χ1) is 6.24. The van der Waals surface area contributed by atoms with E-state index in [-0.39, 0.29) is 0 Å². The summed E-state index contributed by atoms with van der Waals surface area (Å²) in [5, 5.41) is 0. The number of hydrogen-bond donors (Lipinski definition) is 0. The number of halogens is 1. The van der Waals surface area contributed by atoms with Gasteiger partial charge in [-0.3, -0.25) is 0 Å². The quantitative estimate of drug-likeness (QED) is 0.468. The van der Waals surface area contributed by atoms with E-state index in [2.05, 4.69) is 19.9 Å². The van der Waals surface area contributed by atoms with Crippen LogP contribution in [0.25, 0.3) is 0 Å². The molecule has 0 heterocycles. The molecule has 0 amide bonds. The van der Waals surface area contributed by atoms with E-state index >= 15 is 0 Å². The number of alkyl halides is 1. The van der Waals surface area contributed by atoms with Crippen LogP contribution in [0.3, 0.4) is 0 Å². The molecule has 1 aliphatic rings. The van der Waals surface area contributed by atoms with E-state index in [4.69, 9.17) is 11.6 Å². The summed E-state index contributed by atoms with van der Waals surface area (Å²) >= 11 is 5.66. The Labute approximate surface area is 87.4 Å². The lowest BCUT2D eigenvalue weighted by molar-refractivity contribution is 0.320. The molecule has 76 valence electrons. The van der Waals surface area contributed by atoms with Crippen LogP contribution in [0.4, 0.5) is 0 Å². The first-order valence-electron chi connectivity index (χ1n) is 5.46. The van der Waals surface area contributed by atoms with Gasteiger partial charge in [0.15, 0.2) is 0 Å². The predicted octanol–water partition coefficient (Wildman–Crippen LogP) is 4.39. The molecule has 1 rings (SSSR count). The van der Waals surface area contributed by atoms with Gasteiger partial charge in [0.2, 0.25) is 0 Å². The van der Waals surface area contributed by atoms with Crippen molar-refractivity contribution in [3.8, 4) is 0 Å². The van der Waals surface area contributed by atoms with Crippen molar-refractivity contribution in [2.75, 3.05) is 5.88 Å². The molecule has 0 atom stereocenters. The highest BCUT2D eigenvalue weighted by Crippen LogP contribution is 2.32. The van der Waals surface area contributed by atoms with Crippen molar-refractivity contribution in [2.45, 2.75) is 46.0 Å². The summed E-state index contributed by atoms with van der Waals surface area (Å²) in [6.45, 7) is 4.64. The van der Waals surface area contributed by atoms with Gasteiger partial charge in [-0.25, -0.2) is 0 Å². The molecule has 0 saturated heterocycles. The fourth-order valence-corrected chi connectivity index (χ4v) is 2.27. The predicted molar refractivity (Wildman–Crippen MR) is 60.2 cm³/mol. The number of hydrogen-bond acceptors (Lipinski definition) is 0. The van der Waals surface area contributed by atoms with Gasteiger partial charge in [-0.2, -0.15) is 0 Å². The molecule has 0 bridgehead atoms. The van der Waals surface area contributed by atoms with Crippen molar-refractivity contribution in [1.82, 2.24) is 0 Å². The minimum atomic E-state index is 0.764. The summed E-state index contributed by atoms with van der Waals surface area (Å²) in [7, 11) is 0. The molecule has 0 aromatic rings. The Kier molecular flexibility index (Phi) is 4.87. The van der Waals surface area contributed by atoms with E-state index in [0.717, 1.165) is 24.1 Å². The van der Waals surface area contributed by atoms with Crippen LogP contribution in [0.1, 0.15) is 46.0 Å². The molecule has 1 saturated carbocycles. The molecular formula is C12H21Cl. The second-order valence-electron chi connectivity index (χ2n) is 4.38. The third-order valence-corrected chi connectivity index (χ3v) is 3.45. The maximum Gasteiger partial charge on any atom is 0.0258 e. The topological polar surface area (TPSA) is 0 Å². The molecule has 0 spiro atoms. The standard InChI is InChI=1S/C12H21Cl/c1-10-5-7-12(8-6-10)11(2)4-3-9-13/h4,10,12H,3,5-9H2,1-2H3/b11-4+. The van der Waals surface area contributed by atoms with E-state index in [0.29, 0.717) is 0 Å². The fourth-order valence-electron chi connectivity index (χ4n) is 2.16. The van der Waals surface area contributed by atoms with Gasteiger partial charge in [0.1, 0.15) is 0 Å². The first-order valence-corrected chi connectivity index (χ1v) is 6.00. The van der Waals surface area contributed by atoms with Gasteiger partial charge < -0.3 is 0 Å². The minimum absolute atomic E-state index is 0.764. The average Bonchev–Trinajstić information content (AvgIpc) is 2.15. The lowest BCUT2D eigenvalue weighted by atomic mass is 9.79.